The Kier molecular flexibility index (Phi) is 4.05. The van der Waals surface area contributed by atoms with Gasteiger partial charge in [-0.2, -0.15) is 5.26 Å². The summed E-state index contributed by atoms with van der Waals surface area (Å²) < 4.78 is 4.65. The van der Waals surface area contributed by atoms with Crippen LogP contribution in [0.5, 0.6) is 0 Å². The molecule has 0 atom stereocenters. The summed E-state index contributed by atoms with van der Waals surface area (Å²) in [6, 6.07) is 0.567. The highest BCUT2D eigenvalue weighted by molar-refractivity contribution is 6.16. The molecule has 1 heterocycles. The van der Waals surface area contributed by atoms with E-state index in [-0.39, 0.29) is 18.3 Å². The molecule has 18 heavy (non-hydrogen) atoms. The molecule has 0 saturated carbocycles. The number of hydrogen-bond acceptors (Lipinski definition) is 5. The molecule has 1 fully saturated rings. The van der Waals surface area contributed by atoms with Crippen molar-refractivity contribution in [3.63, 3.8) is 0 Å². The van der Waals surface area contributed by atoms with Crippen LogP contribution in [0.1, 0.15) is 20.8 Å². The van der Waals surface area contributed by atoms with Crippen molar-refractivity contribution in [3.8, 4) is 6.07 Å². The standard InChI is InChI=1S/C11H13N3O4/c1-4-18-10(16)7(5-12)8-9(15)14(6(2)3)11(17)13-8/h6H,4H2,1-3H3,(H,13,17). The largest absolute Gasteiger partial charge is 0.462 e. The summed E-state index contributed by atoms with van der Waals surface area (Å²) in [7, 11) is 0. The van der Waals surface area contributed by atoms with E-state index in [2.05, 4.69) is 10.1 Å². The number of carbonyl (C=O) groups excluding carboxylic acids is 3. The number of nitrogens with one attached hydrogen (secondary N) is 1. The first-order valence-corrected chi connectivity index (χ1v) is 5.40. The summed E-state index contributed by atoms with van der Waals surface area (Å²) in [5.41, 5.74) is -0.812. The van der Waals surface area contributed by atoms with Gasteiger partial charge in [-0.05, 0) is 20.8 Å². The van der Waals surface area contributed by atoms with Gasteiger partial charge in [-0.25, -0.2) is 9.59 Å². The van der Waals surface area contributed by atoms with E-state index >= 15 is 0 Å². The van der Waals surface area contributed by atoms with E-state index in [1.165, 1.54) is 0 Å². The molecule has 0 unspecified atom stereocenters. The van der Waals surface area contributed by atoms with Gasteiger partial charge in [0, 0.05) is 6.04 Å². The molecule has 7 heteroatoms. The fourth-order valence-corrected chi connectivity index (χ4v) is 1.48. The monoisotopic (exact) mass is 251 g/mol. The van der Waals surface area contributed by atoms with Crippen molar-refractivity contribution >= 4 is 17.9 Å². The number of nitrogens with zero attached hydrogens (tertiary/aromatic N) is 2. The zero-order valence-electron chi connectivity index (χ0n) is 10.3. The summed E-state index contributed by atoms with van der Waals surface area (Å²) in [5.74, 6) is -1.62. The Morgan fingerprint density at radius 2 is 2.11 bits per heavy atom. The van der Waals surface area contributed by atoms with Crippen LogP contribution in [-0.2, 0) is 14.3 Å². The number of hydrogen-bond donors (Lipinski definition) is 1. The number of imide groups is 1. The van der Waals surface area contributed by atoms with Gasteiger partial charge in [0.05, 0.1) is 6.61 Å². The average Bonchev–Trinajstić information content (AvgIpc) is 2.56. The maximum atomic E-state index is 11.9. The Hall–Kier alpha value is -2.36. The molecule has 0 aromatic carbocycles. The highest BCUT2D eigenvalue weighted by Gasteiger charge is 2.39. The third-order valence-corrected chi connectivity index (χ3v) is 2.24. The predicted octanol–water partition coefficient (Wildman–Crippen LogP) is 0.287. The molecule has 1 aliphatic rings. The van der Waals surface area contributed by atoms with Crippen LogP contribution in [0.3, 0.4) is 0 Å². The molecule has 1 aliphatic heterocycles. The number of esters is 1. The summed E-state index contributed by atoms with van der Waals surface area (Å²) in [5, 5.41) is 11.1. The number of ether oxygens (including phenoxy) is 1. The molecule has 0 aliphatic carbocycles. The van der Waals surface area contributed by atoms with Crippen molar-refractivity contribution in [1.29, 1.82) is 5.26 Å². The summed E-state index contributed by atoms with van der Waals surface area (Å²) in [4.78, 5) is 35.8. The number of nitriles is 1. The molecule has 0 bridgehead atoms. The lowest BCUT2D eigenvalue weighted by atomic mass is 10.2. The second-order valence-electron chi connectivity index (χ2n) is 3.78. The minimum atomic E-state index is -0.922. The second kappa shape index (κ2) is 5.31. The number of rotatable bonds is 3. The molecular weight excluding hydrogens is 238 g/mol. The first kappa shape index (κ1) is 13.7. The Morgan fingerprint density at radius 3 is 2.50 bits per heavy atom. The van der Waals surface area contributed by atoms with Gasteiger partial charge in [0.25, 0.3) is 5.91 Å². The SMILES string of the molecule is CCOC(=O)C(C#N)=C1NC(=O)N(C(C)C)C1=O. The highest BCUT2D eigenvalue weighted by Crippen LogP contribution is 2.17. The van der Waals surface area contributed by atoms with E-state index in [1.54, 1.807) is 26.8 Å². The minimum Gasteiger partial charge on any atom is -0.462 e. The maximum Gasteiger partial charge on any atom is 0.351 e. The van der Waals surface area contributed by atoms with E-state index in [4.69, 9.17) is 5.26 Å². The van der Waals surface area contributed by atoms with Gasteiger partial charge in [-0.15, -0.1) is 0 Å². The van der Waals surface area contributed by atoms with E-state index in [0.29, 0.717) is 0 Å². The summed E-state index contributed by atoms with van der Waals surface area (Å²) in [6.07, 6.45) is 0. The van der Waals surface area contributed by atoms with E-state index in [0.717, 1.165) is 4.90 Å². The molecule has 1 rings (SSSR count). The van der Waals surface area contributed by atoms with Gasteiger partial charge in [0.1, 0.15) is 11.8 Å². The Morgan fingerprint density at radius 1 is 1.50 bits per heavy atom. The van der Waals surface area contributed by atoms with Crippen molar-refractivity contribution in [2.24, 2.45) is 0 Å². The zero-order valence-corrected chi connectivity index (χ0v) is 10.3. The third kappa shape index (κ3) is 2.32. The molecule has 96 valence electrons. The molecule has 7 nitrogen and oxygen atoms in total. The number of amides is 3. The van der Waals surface area contributed by atoms with Crippen molar-refractivity contribution < 1.29 is 19.1 Å². The lowest BCUT2D eigenvalue weighted by molar-refractivity contribution is -0.138. The van der Waals surface area contributed by atoms with Crippen LogP contribution < -0.4 is 5.32 Å². The molecule has 0 spiro atoms. The first-order valence-electron chi connectivity index (χ1n) is 5.40. The van der Waals surface area contributed by atoms with Gasteiger partial charge in [0.2, 0.25) is 0 Å². The van der Waals surface area contributed by atoms with Crippen LogP contribution in [0.4, 0.5) is 4.79 Å². The zero-order chi connectivity index (χ0) is 13.9. The van der Waals surface area contributed by atoms with Crippen LogP contribution >= 0.6 is 0 Å². The highest BCUT2D eigenvalue weighted by atomic mass is 16.5. The topological polar surface area (TPSA) is 99.5 Å². The van der Waals surface area contributed by atoms with Crippen LogP contribution in [0.25, 0.3) is 0 Å². The predicted molar refractivity (Wildman–Crippen MR) is 59.8 cm³/mol. The normalized spacial score (nSPS) is 17.6. The molecule has 3 amide bonds. The third-order valence-electron chi connectivity index (χ3n) is 2.24. The summed E-state index contributed by atoms with van der Waals surface area (Å²) >= 11 is 0. The average molecular weight is 251 g/mol. The number of urea groups is 1. The van der Waals surface area contributed by atoms with E-state index < -0.39 is 23.5 Å². The van der Waals surface area contributed by atoms with Gasteiger partial charge < -0.3 is 10.1 Å². The molecule has 0 aromatic rings. The van der Waals surface area contributed by atoms with Crippen LogP contribution in [0.15, 0.2) is 11.3 Å². The van der Waals surface area contributed by atoms with Crippen LogP contribution in [0, 0.1) is 11.3 Å². The first-order chi connectivity index (χ1) is 8.43. The molecular formula is C11H13N3O4. The Labute approximate surface area is 104 Å². The minimum absolute atomic E-state index is 0.0767. The van der Waals surface area contributed by atoms with E-state index in [1.807, 2.05) is 0 Å². The van der Waals surface area contributed by atoms with Gasteiger partial charge in [-0.3, -0.25) is 9.69 Å². The molecule has 0 aromatic heterocycles. The van der Waals surface area contributed by atoms with Crippen molar-refractivity contribution in [1.82, 2.24) is 10.2 Å². The van der Waals surface area contributed by atoms with Crippen molar-refractivity contribution in [2.45, 2.75) is 26.8 Å². The number of carbonyl (C=O) groups is 3. The lowest BCUT2D eigenvalue weighted by Crippen LogP contribution is -2.36. The molecule has 1 saturated heterocycles. The summed E-state index contributed by atoms with van der Waals surface area (Å²) in [6.45, 7) is 4.95. The molecule has 0 radical (unpaired) electrons. The smallest absolute Gasteiger partial charge is 0.351 e. The van der Waals surface area contributed by atoms with Crippen LogP contribution in [0.2, 0.25) is 0 Å². The quantitative estimate of drug-likeness (QED) is 0.336. The maximum absolute atomic E-state index is 11.9. The Bertz CT molecular complexity index is 473. The fraction of sp³-hybridized carbons (Fsp3) is 0.455. The van der Waals surface area contributed by atoms with Crippen molar-refractivity contribution in [2.75, 3.05) is 6.61 Å². The lowest BCUT2D eigenvalue weighted by Gasteiger charge is -2.15. The molecule has 1 N–H and O–H groups in total. The second-order valence-corrected chi connectivity index (χ2v) is 3.78. The fourth-order valence-electron chi connectivity index (χ4n) is 1.48. The van der Waals surface area contributed by atoms with Crippen LogP contribution in [-0.4, -0.2) is 35.5 Å². The van der Waals surface area contributed by atoms with Gasteiger partial charge >= 0.3 is 12.0 Å². The van der Waals surface area contributed by atoms with Gasteiger partial charge in [0.15, 0.2) is 5.57 Å². The van der Waals surface area contributed by atoms with Gasteiger partial charge in [-0.1, -0.05) is 0 Å². The Balaban J connectivity index is 3.17. The van der Waals surface area contributed by atoms with E-state index in [9.17, 15) is 14.4 Å². The van der Waals surface area contributed by atoms with Crippen molar-refractivity contribution in [3.05, 3.63) is 11.3 Å².